The lowest BCUT2D eigenvalue weighted by Crippen LogP contribution is -1.85. The van der Waals surface area contributed by atoms with Crippen molar-refractivity contribution in [1.82, 2.24) is 0 Å². The maximum absolute atomic E-state index is 8.79. The zero-order valence-corrected chi connectivity index (χ0v) is 29.9. The number of hydrogen-bond donors (Lipinski definition) is 1. The highest BCUT2D eigenvalue weighted by Crippen LogP contribution is 2.17. The van der Waals surface area contributed by atoms with Crippen LogP contribution in [0.1, 0.15) is 231 Å². The zero-order valence-electron chi connectivity index (χ0n) is 27.7. The fourth-order valence-electron chi connectivity index (χ4n) is 6.22. The minimum absolute atomic E-state index is 0.375. The number of aliphatic hydroxyl groups excluding tert-OH is 1. The number of halogens is 1. The molecule has 40 heavy (non-hydrogen) atoms. The summed E-state index contributed by atoms with van der Waals surface area (Å²) in [6.07, 6.45) is 52.1. The summed E-state index contributed by atoms with van der Waals surface area (Å²) in [5, 5.41) is 8.79. The number of hydrogen-bond acceptors (Lipinski definition) is 1. The average molecular weight is 677 g/mol. The van der Waals surface area contributed by atoms with Gasteiger partial charge in [0.05, 0.1) is 0 Å². The van der Waals surface area contributed by atoms with Gasteiger partial charge in [0.1, 0.15) is 0 Å². The van der Waals surface area contributed by atoms with Crippen molar-refractivity contribution in [1.29, 1.82) is 0 Å². The Morgan fingerprint density at radius 2 is 0.325 bits per heavy atom. The standard InChI is InChI=1S/C38H77IO/c39-37-35-33-31-29-27-25-23-21-19-17-15-13-11-9-7-5-3-1-2-4-6-8-10-12-14-16-18-20-22-24-26-28-30-32-34-36-38-40/h40H,1-38H2. The number of aliphatic hydroxyl groups is 1. The average Bonchev–Trinajstić information content (AvgIpc) is 2.97. The first kappa shape index (κ1) is 40.7. The maximum Gasteiger partial charge on any atom is 0.0431 e. The van der Waals surface area contributed by atoms with Gasteiger partial charge in [0.2, 0.25) is 0 Å². The Kier molecular flexibility index (Phi) is 40.4. The first-order valence-electron chi connectivity index (χ1n) is 19.1. The van der Waals surface area contributed by atoms with E-state index >= 15 is 0 Å². The predicted molar refractivity (Wildman–Crippen MR) is 192 cm³/mol. The molecule has 242 valence electrons. The molecule has 0 heterocycles. The van der Waals surface area contributed by atoms with E-state index in [1.165, 1.54) is 229 Å². The third-order valence-electron chi connectivity index (χ3n) is 9.04. The van der Waals surface area contributed by atoms with E-state index in [9.17, 15) is 0 Å². The summed E-state index contributed by atoms with van der Waals surface area (Å²) in [6.45, 7) is 0.375. The smallest absolute Gasteiger partial charge is 0.0431 e. The van der Waals surface area contributed by atoms with Gasteiger partial charge < -0.3 is 5.11 Å². The van der Waals surface area contributed by atoms with Crippen LogP contribution in [0.25, 0.3) is 0 Å². The van der Waals surface area contributed by atoms with Gasteiger partial charge in [-0.25, -0.2) is 0 Å². The molecule has 0 unspecified atom stereocenters. The summed E-state index contributed by atoms with van der Waals surface area (Å²) < 4.78 is 1.34. The molecular formula is C38H77IO. The van der Waals surface area contributed by atoms with Crippen LogP contribution >= 0.6 is 22.6 Å². The fourth-order valence-corrected chi connectivity index (χ4v) is 6.76. The number of alkyl halides is 1. The molecular weight excluding hydrogens is 599 g/mol. The SMILES string of the molecule is OCCCCCCCCCCCCCCCCCCCCCCCCCCCCCCCCCCCCCCI. The van der Waals surface area contributed by atoms with E-state index in [4.69, 9.17) is 5.11 Å². The summed E-state index contributed by atoms with van der Waals surface area (Å²) in [4.78, 5) is 0. The second kappa shape index (κ2) is 39.7. The van der Waals surface area contributed by atoms with Crippen molar-refractivity contribution in [3.05, 3.63) is 0 Å². The summed E-state index contributed by atoms with van der Waals surface area (Å²) in [5.41, 5.74) is 0. The van der Waals surface area contributed by atoms with Crippen LogP contribution in [-0.4, -0.2) is 16.1 Å². The second-order valence-electron chi connectivity index (χ2n) is 13.1. The van der Waals surface area contributed by atoms with Crippen molar-refractivity contribution in [2.75, 3.05) is 11.0 Å². The molecule has 0 bridgehead atoms. The van der Waals surface area contributed by atoms with Gasteiger partial charge in [-0.1, -0.05) is 241 Å². The van der Waals surface area contributed by atoms with Gasteiger partial charge >= 0.3 is 0 Å². The fraction of sp³-hybridized carbons (Fsp3) is 1.00. The molecule has 0 amide bonds. The van der Waals surface area contributed by atoms with Gasteiger partial charge in [-0.2, -0.15) is 0 Å². The molecule has 0 aliphatic carbocycles. The van der Waals surface area contributed by atoms with Gasteiger partial charge in [-0.05, 0) is 17.3 Å². The second-order valence-corrected chi connectivity index (χ2v) is 14.2. The summed E-state index contributed by atoms with van der Waals surface area (Å²) >= 11 is 2.50. The van der Waals surface area contributed by atoms with E-state index < -0.39 is 0 Å². The largest absolute Gasteiger partial charge is 0.396 e. The van der Waals surface area contributed by atoms with Crippen LogP contribution in [-0.2, 0) is 0 Å². The quantitative estimate of drug-likeness (QED) is 0.0394. The molecule has 0 fully saturated rings. The molecule has 0 aromatic carbocycles. The molecule has 0 saturated carbocycles. The van der Waals surface area contributed by atoms with Crippen molar-refractivity contribution in [3.8, 4) is 0 Å². The van der Waals surface area contributed by atoms with E-state index in [0.717, 1.165) is 6.42 Å². The van der Waals surface area contributed by atoms with Crippen LogP contribution < -0.4 is 0 Å². The van der Waals surface area contributed by atoms with E-state index in [-0.39, 0.29) is 0 Å². The Bertz CT molecular complexity index is 374. The third kappa shape index (κ3) is 38.7. The normalized spacial score (nSPS) is 11.6. The molecule has 2 heteroatoms. The third-order valence-corrected chi connectivity index (χ3v) is 9.80. The molecule has 0 rings (SSSR count). The van der Waals surface area contributed by atoms with Gasteiger partial charge in [0.25, 0.3) is 0 Å². The van der Waals surface area contributed by atoms with Crippen LogP contribution in [0, 0.1) is 0 Å². The maximum atomic E-state index is 8.79. The van der Waals surface area contributed by atoms with Crippen molar-refractivity contribution < 1.29 is 5.11 Å². The lowest BCUT2D eigenvalue weighted by Gasteiger charge is -2.05. The Labute approximate surface area is 268 Å². The first-order chi connectivity index (χ1) is 19.9. The molecule has 0 atom stereocenters. The predicted octanol–water partition coefficient (Wildman–Crippen LogP) is 14.5. The molecule has 0 spiro atoms. The molecule has 0 aliphatic heterocycles. The summed E-state index contributed by atoms with van der Waals surface area (Å²) in [6, 6.07) is 0. The molecule has 0 aliphatic rings. The van der Waals surface area contributed by atoms with E-state index in [2.05, 4.69) is 22.6 Å². The minimum atomic E-state index is 0.375. The Hall–Kier alpha value is 0.690. The van der Waals surface area contributed by atoms with Crippen molar-refractivity contribution in [2.45, 2.75) is 231 Å². The Morgan fingerprint density at radius 1 is 0.200 bits per heavy atom. The molecule has 0 aromatic rings. The van der Waals surface area contributed by atoms with Gasteiger partial charge in [-0.15, -0.1) is 0 Å². The Balaban J connectivity index is 3.01. The van der Waals surface area contributed by atoms with Crippen LogP contribution in [0.3, 0.4) is 0 Å². The van der Waals surface area contributed by atoms with Gasteiger partial charge in [-0.3, -0.25) is 0 Å². The zero-order chi connectivity index (χ0) is 28.9. The van der Waals surface area contributed by atoms with Crippen molar-refractivity contribution in [3.63, 3.8) is 0 Å². The highest BCUT2D eigenvalue weighted by atomic mass is 127. The van der Waals surface area contributed by atoms with Gasteiger partial charge in [0.15, 0.2) is 0 Å². The minimum Gasteiger partial charge on any atom is -0.396 e. The van der Waals surface area contributed by atoms with Crippen LogP contribution in [0.4, 0.5) is 0 Å². The molecule has 1 N–H and O–H groups in total. The first-order valence-corrected chi connectivity index (χ1v) is 20.6. The molecule has 0 aromatic heterocycles. The lowest BCUT2D eigenvalue weighted by molar-refractivity contribution is 0.282. The van der Waals surface area contributed by atoms with Gasteiger partial charge in [0, 0.05) is 6.61 Å². The molecule has 1 nitrogen and oxygen atoms in total. The summed E-state index contributed by atoms with van der Waals surface area (Å²) in [7, 11) is 0. The monoisotopic (exact) mass is 677 g/mol. The Morgan fingerprint density at radius 3 is 0.450 bits per heavy atom. The van der Waals surface area contributed by atoms with E-state index in [1.807, 2.05) is 0 Å². The topological polar surface area (TPSA) is 20.2 Å². The van der Waals surface area contributed by atoms with E-state index in [1.54, 1.807) is 0 Å². The highest BCUT2D eigenvalue weighted by Gasteiger charge is 1.97. The number of rotatable bonds is 37. The number of unbranched alkanes of at least 4 members (excludes halogenated alkanes) is 35. The summed E-state index contributed by atoms with van der Waals surface area (Å²) in [5.74, 6) is 0. The van der Waals surface area contributed by atoms with Crippen LogP contribution in [0.5, 0.6) is 0 Å². The molecule has 0 radical (unpaired) electrons. The van der Waals surface area contributed by atoms with Crippen molar-refractivity contribution >= 4 is 22.6 Å². The lowest BCUT2D eigenvalue weighted by atomic mass is 10.0. The van der Waals surface area contributed by atoms with E-state index in [0.29, 0.717) is 6.61 Å². The molecule has 0 saturated heterocycles. The van der Waals surface area contributed by atoms with Crippen LogP contribution in [0.15, 0.2) is 0 Å². The highest BCUT2D eigenvalue weighted by molar-refractivity contribution is 14.1. The van der Waals surface area contributed by atoms with Crippen molar-refractivity contribution in [2.24, 2.45) is 0 Å². The van der Waals surface area contributed by atoms with Crippen LogP contribution in [0.2, 0.25) is 0 Å².